The molecule has 0 aromatic heterocycles. The summed E-state index contributed by atoms with van der Waals surface area (Å²) in [5.41, 5.74) is 0. The minimum absolute atomic E-state index is 0.0352. The quantitative estimate of drug-likeness (QED) is 0.638. The van der Waals surface area contributed by atoms with Gasteiger partial charge in [-0.25, -0.2) is 0 Å². The second-order valence-corrected chi connectivity index (χ2v) is 4.93. The fourth-order valence-corrected chi connectivity index (χ4v) is 2.17. The van der Waals surface area contributed by atoms with Crippen molar-refractivity contribution in [3.05, 3.63) is 0 Å². The van der Waals surface area contributed by atoms with E-state index in [0.717, 1.165) is 30.4 Å². The maximum atomic E-state index is 10.5. The predicted octanol–water partition coefficient (Wildman–Crippen LogP) is 0.683. The van der Waals surface area contributed by atoms with Crippen molar-refractivity contribution >= 4 is 22.8 Å². The van der Waals surface area contributed by atoms with Crippen molar-refractivity contribution in [1.82, 2.24) is 0 Å². The molecular formula is C7H13AsO2. The van der Waals surface area contributed by atoms with Crippen molar-refractivity contribution in [1.29, 1.82) is 0 Å². The SMILES string of the molecule is O=C(O)C1CCC([AsH2])CC1. The van der Waals surface area contributed by atoms with Gasteiger partial charge in [-0.05, 0) is 0 Å². The molecule has 1 saturated carbocycles. The molecule has 0 spiro atoms. The summed E-state index contributed by atoms with van der Waals surface area (Å²) < 4.78 is 0.808. The number of carboxylic acids is 1. The third-order valence-electron chi connectivity index (χ3n) is 2.12. The number of carbonyl (C=O) groups is 1. The fraction of sp³-hybridized carbons (Fsp3) is 0.857. The summed E-state index contributed by atoms with van der Waals surface area (Å²) in [6, 6.07) is 0. The summed E-state index contributed by atoms with van der Waals surface area (Å²) in [6.45, 7) is 0. The van der Waals surface area contributed by atoms with Crippen LogP contribution < -0.4 is 0 Å². The Bertz CT molecular complexity index is 128. The molecular weight excluding hydrogens is 191 g/mol. The van der Waals surface area contributed by atoms with Gasteiger partial charge in [0.15, 0.2) is 0 Å². The monoisotopic (exact) mass is 204 g/mol. The van der Waals surface area contributed by atoms with E-state index in [-0.39, 0.29) is 5.92 Å². The Morgan fingerprint density at radius 3 is 2.20 bits per heavy atom. The van der Waals surface area contributed by atoms with Crippen molar-refractivity contribution in [3.63, 3.8) is 0 Å². The molecule has 0 bridgehead atoms. The molecule has 0 aliphatic heterocycles. The molecule has 3 heteroatoms. The molecule has 0 saturated heterocycles. The van der Waals surface area contributed by atoms with E-state index in [1.165, 1.54) is 0 Å². The topological polar surface area (TPSA) is 37.3 Å². The molecule has 58 valence electrons. The first-order valence-electron chi connectivity index (χ1n) is 3.68. The van der Waals surface area contributed by atoms with Gasteiger partial charge < -0.3 is 0 Å². The zero-order valence-corrected chi connectivity index (χ0v) is 8.34. The Morgan fingerprint density at radius 2 is 1.80 bits per heavy atom. The molecule has 1 aliphatic rings. The second-order valence-electron chi connectivity index (χ2n) is 2.95. The average Bonchev–Trinajstić information content (AvgIpc) is 1.88. The van der Waals surface area contributed by atoms with Crippen LogP contribution in [0.15, 0.2) is 0 Å². The van der Waals surface area contributed by atoms with Gasteiger partial charge in [-0.2, -0.15) is 0 Å². The van der Waals surface area contributed by atoms with Gasteiger partial charge in [-0.3, -0.25) is 0 Å². The summed E-state index contributed by atoms with van der Waals surface area (Å²) in [5, 5.41) is 8.63. The molecule has 0 heterocycles. The van der Waals surface area contributed by atoms with Crippen LogP contribution in [-0.4, -0.2) is 27.9 Å². The van der Waals surface area contributed by atoms with Gasteiger partial charge in [-0.1, -0.05) is 0 Å². The average molecular weight is 204 g/mol. The molecule has 2 nitrogen and oxygen atoms in total. The van der Waals surface area contributed by atoms with E-state index < -0.39 is 5.97 Å². The van der Waals surface area contributed by atoms with E-state index in [0.29, 0.717) is 0 Å². The van der Waals surface area contributed by atoms with Crippen molar-refractivity contribution in [2.45, 2.75) is 30.4 Å². The molecule has 0 amide bonds. The van der Waals surface area contributed by atoms with Gasteiger partial charge in [0, 0.05) is 0 Å². The van der Waals surface area contributed by atoms with Crippen LogP contribution in [0.25, 0.3) is 0 Å². The van der Waals surface area contributed by atoms with Gasteiger partial charge in [0.2, 0.25) is 0 Å². The first kappa shape index (κ1) is 8.13. The van der Waals surface area contributed by atoms with E-state index in [4.69, 9.17) is 5.11 Å². The van der Waals surface area contributed by atoms with Crippen molar-refractivity contribution in [2.75, 3.05) is 0 Å². The minimum atomic E-state index is -0.598. The van der Waals surface area contributed by atoms with Crippen LogP contribution in [0.2, 0.25) is 4.71 Å². The zero-order chi connectivity index (χ0) is 7.56. The molecule has 1 rings (SSSR count). The third-order valence-corrected chi connectivity index (χ3v) is 3.52. The second kappa shape index (κ2) is 3.43. The van der Waals surface area contributed by atoms with Crippen LogP contribution in [0, 0.1) is 5.92 Å². The Hall–Kier alpha value is 0.0284. The van der Waals surface area contributed by atoms with Gasteiger partial charge in [0.25, 0.3) is 0 Å². The number of carboxylic acid groups (broad SMARTS) is 1. The van der Waals surface area contributed by atoms with Crippen LogP contribution in [-0.2, 0) is 4.79 Å². The van der Waals surface area contributed by atoms with Crippen LogP contribution in [0.5, 0.6) is 0 Å². The van der Waals surface area contributed by atoms with Crippen LogP contribution in [0.3, 0.4) is 0 Å². The summed E-state index contributed by atoms with van der Waals surface area (Å²) in [7, 11) is 0. The van der Waals surface area contributed by atoms with E-state index in [2.05, 4.69) is 0 Å². The van der Waals surface area contributed by atoms with E-state index in [9.17, 15) is 4.79 Å². The molecule has 0 radical (unpaired) electrons. The molecule has 0 aromatic carbocycles. The number of aliphatic carboxylic acids is 1. The molecule has 10 heavy (non-hydrogen) atoms. The number of hydrogen-bond acceptors (Lipinski definition) is 1. The number of rotatable bonds is 1. The van der Waals surface area contributed by atoms with Crippen molar-refractivity contribution in [3.8, 4) is 0 Å². The first-order valence-corrected chi connectivity index (χ1v) is 5.08. The molecule has 1 aliphatic carbocycles. The molecule has 1 unspecified atom stereocenters. The zero-order valence-electron chi connectivity index (χ0n) is 5.92. The maximum absolute atomic E-state index is 10.5. The molecule has 1 atom stereocenters. The Kier molecular flexibility index (Phi) is 2.79. The molecule has 0 aromatic rings. The van der Waals surface area contributed by atoms with Crippen LogP contribution in [0.1, 0.15) is 25.7 Å². The predicted molar refractivity (Wildman–Crippen MR) is 41.9 cm³/mol. The Morgan fingerprint density at radius 1 is 1.30 bits per heavy atom. The number of hydrogen-bond donors (Lipinski definition) is 1. The van der Waals surface area contributed by atoms with Gasteiger partial charge in [-0.15, -0.1) is 0 Å². The van der Waals surface area contributed by atoms with Gasteiger partial charge >= 0.3 is 69.0 Å². The van der Waals surface area contributed by atoms with Crippen molar-refractivity contribution < 1.29 is 9.90 Å². The summed E-state index contributed by atoms with van der Waals surface area (Å²) in [4.78, 5) is 10.5. The standard InChI is InChI=1S/C7H13AsO2/c8-6-3-1-5(2-4-6)7(9)10/h5-6H,1-4,8H2,(H,9,10). The van der Waals surface area contributed by atoms with E-state index in [1.54, 1.807) is 16.9 Å². The summed E-state index contributed by atoms with van der Waals surface area (Å²) >= 11 is 1.77. The fourth-order valence-electron chi connectivity index (χ4n) is 1.37. The Labute approximate surface area is 69.5 Å². The molecule has 1 fully saturated rings. The summed E-state index contributed by atoms with van der Waals surface area (Å²) in [5.74, 6) is -0.633. The van der Waals surface area contributed by atoms with Crippen LogP contribution >= 0.6 is 0 Å². The summed E-state index contributed by atoms with van der Waals surface area (Å²) in [6.07, 6.45) is 4.05. The van der Waals surface area contributed by atoms with Gasteiger partial charge in [0.1, 0.15) is 0 Å². The normalized spacial score (nSPS) is 33.7. The first-order chi connectivity index (χ1) is 4.70. The van der Waals surface area contributed by atoms with Gasteiger partial charge in [0.05, 0.1) is 0 Å². The Balaban J connectivity index is 2.33. The van der Waals surface area contributed by atoms with Crippen molar-refractivity contribution in [2.24, 2.45) is 5.92 Å². The third kappa shape index (κ3) is 2.02. The van der Waals surface area contributed by atoms with E-state index in [1.807, 2.05) is 0 Å². The van der Waals surface area contributed by atoms with Crippen LogP contribution in [0.4, 0.5) is 0 Å². The molecule has 1 N–H and O–H groups in total. The van der Waals surface area contributed by atoms with E-state index >= 15 is 0 Å².